The topological polar surface area (TPSA) is 32.3 Å². The van der Waals surface area contributed by atoms with Gasteiger partial charge in [0, 0.05) is 13.1 Å². The van der Waals surface area contributed by atoms with Crippen molar-refractivity contribution in [3.05, 3.63) is 22.4 Å². The molecule has 0 aromatic carbocycles. The van der Waals surface area contributed by atoms with E-state index in [0.29, 0.717) is 0 Å². The van der Waals surface area contributed by atoms with E-state index >= 15 is 0 Å². The van der Waals surface area contributed by atoms with Crippen LogP contribution in [0.1, 0.15) is 32.8 Å². The Kier molecular flexibility index (Phi) is 4.77. The van der Waals surface area contributed by atoms with Crippen LogP contribution in [0.2, 0.25) is 0 Å². The van der Waals surface area contributed by atoms with Crippen LogP contribution in [0.25, 0.3) is 0 Å². The third kappa shape index (κ3) is 5.30. The quantitative estimate of drug-likeness (QED) is 0.783. The second kappa shape index (κ2) is 5.64. The molecule has 0 aliphatic rings. The van der Waals surface area contributed by atoms with E-state index in [1.165, 1.54) is 5.56 Å². The molecule has 86 valence electrons. The Bertz CT molecular complexity index is 267. The highest BCUT2D eigenvalue weighted by molar-refractivity contribution is 7.07. The fourth-order valence-corrected chi connectivity index (χ4v) is 2.48. The van der Waals surface area contributed by atoms with Crippen LogP contribution in [0, 0.1) is 5.41 Å². The summed E-state index contributed by atoms with van der Waals surface area (Å²) in [6, 6.07) is 2.14. The lowest BCUT2D eigenvalue weighted by Crippen LogP contribution is -2.31. The third-order valence-corrected chi connectivity index (χ3v) is 3.09. The number of aliphatic hydroxyl groups is 1. The third-order valence-electron chi connectivity index (χ3n) is 2.36. The minimum atomic E-state index is -0.219. The molecule has 1 atom stereocenters. The molecule has 0 radical (unpaired) electrons. The molecule has 0 spiro atoms. The lowest BCUT2D eigenvalue weighted by atomic mass is 9.87. The molecule has 2 nitrogen and oxygen atoms in total. The first kappa shape index (κ1) is 12.7. The summed E-state index contributed by atoms with van der Waals surface area (Å²) >= 11 is 1.73. The van der Waals surface area contributed by atoms with Crippen molar-refractivity contribution in [2.24, 2.45) is 5.41 Å². The van der Waals surface area contributed by atoms with Crippen molar-refractivity contribution in [3.8, 4) is 0 Å². The molecule has 0 amide bonds. The Hall–Kier alpha value is -0.380. The zero-order valence-corrected chi connectivity index (χ0v) is 10.6. The highest BCUT2D eigenvalue weighted by Crippen LogP contribution is 2.21. The normalized spacial score (nSPS) is 14.1. The number of hydrogen-bond donors (Lipinski definition) is 2. The second-order valence-electron chi connectivity index (χ2n) is 4.95. The average molecular weight is 227 g/mol. The number of aliphatic hydroxyl groups excluding tert-OH is 1. The molecule has 1 rings (SSSR count). The van der Waals surface area contributed by atoms with Gasteiger partial charge in [0.1, 0.15) is 0 Å². The van der Waals surface area contributed by atoms with Crippen molar-refractivity contribution in [2.75, 3.05) is 6.54 Å². The standard InChI is InChI=1S/C12H21NOS/c1-10(14)6-12(2,3)9-13-7-11-4-5-15-8-11/h4-5,8,10,13-14H,6-7,9H2,1-3H3. The molecule has 1 aromatic heterocycles. The Morgan fingerprint density at radius 2 is 2.27 bits per heavy atom. The highest BCUT2D eigenvalue weighted by Gasteiger charge is 2.19. The fraction of sp³-hybridized carbons (Fsp3) is 0.667. The Morgan fingerprint density at radius 3 is 2.80 bits per heavy atom. The van der Waals surface area contributed by atoms with Crippen molar-refractivity contribution in [1.29, 1.82) is 0 Å². The summed E-state index contributed by atoms with van der Waals surface area (Å²) in [4.78, 5) is 0. The summed E-state index contributed by atoms with van der Waals surface area (Å²) in [7, 11) is 0. The first-order chi connectivity index (χ1) is 6.99. The van der Waals surface area contributed by atoms with Crippen molar-refractivity contribution in [3.63, 3.8) is 0 Å². The zero-order valence-electron chi connectivity index (χ0n) is 9.79. The van der Waals surface area contributed by atoms with Gasteiger partial charge in [0.2, 0.25) is 0 Å². The SMILES string of the molecule is CC(O)CC(C)(C)CNCc1ccsc1. The molecule has 0 bridgehead atoms. The minimum absolute atomic E-state index is 0.157. The Labute approximate surface area is 96.3 Å². The molecule has 2 N–H and O–H groups in total. The van der Waals surface area contributed by atoms with Crippen LogP contribution in [0.4, 0.5) is 0 Å². The van der Waals surface area contributed by atoms with Crippen LogP contribution in [0.15, 0.2) is 16.8 Å². The van der Waals surface area contributed by atoms with Crippen LogP contribution in [-0.4, -0.2) is 17.8 Å². The summed E-state index contributed by atoms with van der Waals surface area (Å²) in [6.07, 6.45) is 0.617. The monoisotopic (exact) mass is 227 g/mol. The van der Waals surface area contributed by atoms with E-state index in [9.17, 15) is 5.11 Å². The van der Waals surface area contributed by atoms with Crippen molar-refractivity contribution in [1.82, 2.24) is 5.32 Å². The molecule has 1 heterocycles. The smallest absolute Gasteiger partial charge is 0.0517 e. The van der Waals surface area contributed by atoms with Crippen LogP contribution >= 0.6 is 11.3 Å². The van der Waals surface area contributed by atoms with Gasteiger partial charge in [0.15, 0.2) is 0 Å². The number of hydrogen-bond acceptors (Lipinski definition) is 3. The molecular weight excluding hydrogens is 206 g/mol. The molecular formula is C12H21NOS. The van der Waals surface area contributed by atoms with Gasteiger partial charge in [-0.3, -0.25) is 0 Å². The number of nitrogens with one attached hydrogen (secondary N) is 1. The first-order valence-corrected chi connectivity index (χ1v) is 6.34. The molecule has 3 heteroatoms. The molecule has 15 heavy (non-hydrogen) atoms. The summed E-state index contributed by atoms with van der Waals surface area (Å²) in [5.41, 5.74) is 1.50. The Morgan fingerprint density at radius 1 is 1.53 bits per heavy atom. The zero-order chi connectivity index (χ0) is 11.3. The van der Waals surface area contributed by atoms with Gasteiger partial charge in [0.05, 0.1) is 6.10 Å². The van der Waals surface area contributed by atoms with Gasteiger partial charge in [0.25, 0.3) is 0 Å². The lowest BCUT2D eigenvalue weighted by Gasteiger charge is -2.26. The maximum atomic E-state index is 9.35. The predicted octanol–water partition coefficient (Wildman–Crippen LogP) is 2.63. The molecule has 0 aliphatic carbocycles. The van der Waals surface area contributed by atoms with E-state index in [1.807, 2.05) is 6.92 Å². The molecule has 1 unspecified atom stereocenters. The maximum absolute atomic E-state index is 9.35. The van der Waals surface area contributed by atoms with E-state index in [2.05, 4.69) is 36.0 Å². The van der Waals surface area contributed by atoms with Gasteiger partial charge in [-0.2, -0.15) is 11.3 Å². The molecule has 0 aliphatic heterocycles. The van der Waals surface area contributed by atoms with Gasteiger partial charge in [-0.25, -0.2) is 0 Å². The van der Waals surface area contributed by atoms with E-state index in [1.54, 1.807) is 11.3 Å². The van der Waals surface area contributed by atoms with Crippen LogP contribution in [0.3, 0.4) is 0 Å². The van der Waals surface area contributed by atoms with E-state index in [4.69, 9.17) is 0 Å². The van der Waals surface area contributed by atoms with Crippen LogP contribution in [-0.2, 0) is 6.54 Å². The predicted molar refractivity (Wildman–Crippen MR) is 66.1 cm³/mol. The number of rotatable bonds is 6. The van der Waals surface area contributed by atoms with Crippen LogP contribution < -0.4 is 5.32 Å². The second-order valence-corrected chi connectivity index (χ2v) is 5.73. The van der Waals surface area contributed by atoms with Crippen LogP contribution in [0.5, 0.6) is 0 Å². The first-order valence-electron chi connectivity index (χ1n) is 5.39. The largest absolute Gasteiger partial charge is 0.393 e. The van der Waals surface area contributed by atoms with E-state index in [0.717, 1.165) is 19.5 Å². The summed E-state index contributed by atoms with van der Waals surface area (Å²) in [5.74, 6) is 0. The van der Waals surface area contributed by atoms with E-state index < -0.39 is 0 Å². The van der Waals surface area contributed by atoms with Gasteiger partial charge in [-0.1, -0.05) is 13.8 Å². The minimum Gasteiger partial charge on any atom is -0.393 e. The van der Waals surface area contributed by atoms with Gasteiger partial charge in [-0.15, -0.1) is 0 Å². The molecule has 0 saturated heterocycles. The fourth-order valence-electron chi connectivity index (χ4n) is 1.81. The van der Waals surface area contributed by atoms with Gasteiger partial charge >= 0.3 is 0 Å². The summed E-state index contributed by atoms with van der Waals surface area (Å²) in [5, 5.41) is 17.0. The summed E-state index contributed by atoms with van der Waals surface area (Å²) in [6.45, 7) is 8.07. The van der Waals surface area contributed by atoms with Gasteiger partial charge in [-0.05, 0) is 41.1 Å². The Balaban J connectivity index is 2.24. The number of thiophene rings is 1. The molecule has 0 fully saturated rings. The lowest BCUT2D eigenvalue weighted by molar-refractivity contribution is 0.128. The summed E-state index contributed by atoms with van der Waals surface area (Å²) < 4.78 is 0. The average Bonchev–Trinajstić information content (AvgIpc) is 2.53. The maximum Gasteiger partial charge on any atom is 0.0517 e. The molecule has 0 saturated carbocycles. The van der Waals surface area contributed by atoms with E-state index in [-0.39, 0.29) is 11.5 Å². The van der Waals surface area contributed by atoms with Gasteiger partial charge < -0.3 is 10.4 Å². The molecule has 1 aromatic rings. The van der Waals surface area contributed by atoms with Crippen molar-refractivity contribution >= 4 is 11.3 Å². The van der Waals surface area contributed by atoms with Crippen molar-refractivity contribution in [2.45, 2.75) is 39.8 Å². The van der Waals surface area contributed by atoms with Crippen molar-refractivity contribution < 1.29 is 5.11 Å². The highest BCUT2D eigenvalue weighted by atomic mass is 32.1.